The van der Waals surface area contributed by atoms with E-state index in [0.717, 1.165) is 17.5 Å². The van der Waals surface area contributed by atoms with Crippen LogP contribution >= 0.6 is 22.6 Å². The molecule has 1 aromatic rings. The highest BCUT2D eigenvalue weighted by atomic mass is 127. The Balaban J connectivity index is 2.38. The molecule has 1 aromatic carbocycles. The normalized spacial score (nSPS) is 19.5. The Bertz CT molecular complexity index is 466. The quantitative estimate of drug-likeness (QED) is 0.573. The molecule has 1 unspecified atom stereocenters. The summed E-state index contributed by atoms with van der Waals surface area (Å²) in [6.45, 7) is 0. The van der Waals surface area contributed by atoms with Gasteiger partial charge >= 0.3 is 0 Å². The number of halogens is 1. The zero-order valence-corrected chi connectivity index (χ0v) is 10.3. The van der Waals surface area contributed by atoms with Gasteiger partial charge in [-0.15, -0.1) is 0 Å². The summed E-state index contributed by atoms with van der Waals surface area (Å²) in [5.41, 5.74) is 3.07. The fourth-order valence-corrected chi connectivity index (χ4v) is 2.29. The lowest BCUT2D eigenvalue weighted by molar-refractivity contribution is 1.10. The number of benzene rings is 1. The molecular formula is C13H10IN. The second-order valence-electron chi connectivity index (χ2n) is 3.47. The number of nitrogens with zero attached hydrogens (tertiary/aromatic N) is 1. The number of hydrogen-bond acceptors (Lipinski definition) is 1. The topological polar surface area (TPSA) is 23.8 Å². The molecule has 74 valence electrons. The minimum absolute atomic E-state index is 0.563. The van der Waals surface area contributed by atoms with Gasteiger partial charge in [-0.2, -0.15) is 5.26 Å². The number of nitriles is 1. The molecule has 2 heteroatoms. The predicted octanol–water partition coefficient (Wildman–Crippen LogP) is 3.71. The molecule has 0 spiro atoms. The van der Waals surface area contributed by atoms with Crippen LogP contribution in [0.5, 0.6) is 0 Å². The van der Waals surface area contributed by atoms with E-state index in [0.29, 0.717) is 3.92 Å². The Labute approximate surface area is 103 Å². The summed E-state index contributed by atoms with van der Waals surface area (Å²) < 4.78 is 0.563. The predicted molar refractivity (Wildman–Crippen MR) is 70.7 cm³/mol. The van der Waals surface area contributed by atoms with Gasteiger partial charge in [0.15, 0.2) is 0 Å². The second-order valence-corrected chi connectivity index (χ2v) is 5.07. The third kappa shape index (κ3) is 2.48. The van der Waals surface area contributed by atoms with Crippen LogP contribution in [0.25, 0.3) is 5.57 Å². The summed E-state index contributed by atoms with van der Waals surface area (Å²) >= 11 is 2.42. The first-order valence-electron chi connectivity index (χ1n) is 4.82. The molecule has 2 rings (SSSR count). The molecule has 0 N–H and O–H groups in total. The third-order valence-electron chi connectivity index (χ3n) is 2.34. The number of hydrogen-bond donors (Lipinski definition) is 0. The maximum Gasteiger partial charge on any atom is 0.0991 e. The zero-order valence-electron chi connectivity index (χ0n) is 8.15. The SMILES string of the molecule is N#Cc1cccc(C2=CC(I)CC=C2)c1. The first-order chi connectivity index (χ1) is 7.29. The van der Waals surface area contributed by atoms with E-state index in [-0.39, 0.29) is 0 Å². The average molecular weight is 307 g/mol. The summed E-state index contributed by atoms with van der Waals surface area (Å²) in [4.78, 5) is 0. The number of alkyl halides is 1. The minimum Gasteiger partial charge on any atom is -0.192 e. The maximum atomic E-state index is 8.82. The average Bonchev–Trinajstić information content (AvgIpc) is 2.29. The van der Waals surface area contributed by atoms with Crippen molar-refractivity contribution in [3.8, 4) is 6.07 Å². The van der Waals surface area contributed by atoms with Gasteiger partial charge in [-0.3, -0.25) is 0 Å². The molecule has 0 aromatic heterocycles. The van der Waals surface area contributed by atoms with Gasteiger partial charge in [-0.1, -0.05) is 53.0 Å². The van der Waals surface area contributed by atoms with Crippen LogP contribution < -0.4 is 0 Å². The Morgan fingerprint density at radius 2 is 2.27 bits per heavy atom. The van der Waals surface area contributed by atoms with Crippen molar-refractivity contribution < 1.29 is 0 Å². The Hall–Kier alpha value is -1.08. The van der Waals surface area contributed by atoms with Gasteiger partial charge in [-0.05, 0) is 29.7 Å². The van der Waals surface area contributed by atoms with Crippen LogP contribution in [0.1, 0.15) is 17.5 Å². The van der Waals surface area contributed by atoms with Gasteiger partial charge in [-0.25, -0.2) is 0 Å². The van der Waals surface area contributed by atoms with E-state index in [2.05, 4.69) is 46.9 Å². The molecule has 0 fully saturated rings. The van der Waals surface area contributed by atoms with Gasteiger partial charge in [0.25, 0.3) is 0 Å². The summed E-state index contributed by atoms with van der Waals surface area (Å²) in [7, 11) is 0. The Kier molecular flexibility index (Phi) is 3.22. The van der Waals surface area contributed by atoms with Crippen LogP contribution in [0.2, 0.25) is 0 Å². The van der Waals surface area contributed by atoms with Crippen molar-refractivity contribution in [1.29, 1.82) is 5.26 Å². The first-order valence-corrected chi connectivity index (χ1v) is 6.07. The van der Waals surface area contributed by atoms with Crippen LogP contribution in [-0.2, 0) is 0 Å². The van der Waals surface area contributed by atoms with Gasteiger partial charge in [0, 0.05) is 3.92 Å². The van der Waals surface area contributed by atoms with Gasteiger partial charge < -0.3 is 0 Å². The molecule has 15 heavy (non-hydrogen) atoms. The van der Waals surface area contributed by atoms with E-state index >= 15 is 0 Å². The fourth-order valence-electron chi connectivity index (χ4n) is 1.60. The lowest BCUT2D eigenvalue weighted by Gasteiger charge is -2.11. The van der Waals surface area contributed by atoms with Gasteiger partial charge in [0.2, 0.25) is 0 Å². The largest absolute Gasteiger partial charge is 0.192 e. The van der Waals surface area contributed by atoms with E-state index in [1.54, 1.807) is 0 Å². The summed E-state index contributed by atoms with van der Waals surface area (Å²) in [5, 5.41) is 8.82. The van der Waals surface area contributed by atoms with Crippen molar-refractivity contribution in [2.75, 3.05) is 0 Å². The molecule has 1 nitrogen and oxygen atoms in total. The van der Waals surface area contributed by atoms with Gasteiger partial charge in [0.1, 0.15) is 0 Å². The van der Waals surface area contributed by atoms with E-state index in [1.165, 1.54) is 5.57 Å². The van der Waals surface area contributed by atoms with Crippen LogP contribution in [0.3, 0.4) is 0 Å². The molecule has 1 aliphatic rings. The molecule has 1 aliphatic carbocycles. The molecule has 0 heterocycles. The fraction of sp³-hybridized carbons (Fsp3) is 0.154. The van der Waals surface area contributed by atoms with Crippen LogP contribution in [-0.4, -0.2) is 3.92 Å². The monoisotopic (exact) mass is 307 g/mol. The van der Waals surface area contributed by atoms with E-state index in [4.69, 9.17) is 5.26 Å². The van der Waals surface area contributed by atoms with Crippen molar-refractivity contribution in [3.05, 3.63) is 53.6 Å². The first kappa shape index (κ1) is 10.4. The van der Waals surface area contributed by atoms with Crippen molar-refractivity contribution in [2.45, 2.75) is 10.3 Å². The smallest absolute Gasteiger partial charge is 0.0991 e. The second kappa shape index (κ2) is 4.63. The highest BCUT2D eigenvalue weighted by molar-refractivity contribution is 14.1. The minimum atomic E-state index is 0.563. The summed E-state index contributed by atoms with van der Waals surface area (Å²) in [6.07, 6.45) is 7.66. The zero-order chi connectivity index (χ0) is 10.7. The van der Waals surface area contributed by atoms with Crippen LogP contribution in [0.4, 0.5) is 0 Å². The van der Waals surface area contributed by atoms with Crippen molar-refractivity contribution in [2.24, 2.45) is 0 Å². The Morgan fingerprint density at radius 3 is 3.00 bits per heavy atom. The molecule has 0 amide bonds. The van der Waals surface area contributed by atoms with Crippen molar-refractivity contribution in [1.82, 2.24) is 0 Å². The molecule has 0 saturated carbocycles. The molecule has 0 aliphatic heterocycles. The molecule has 0 saturated heterocycles. The van der Waals surface area contributed by atoms with Gasteiger partial charge in [0.05, 0.1) is 11.6 Å². The van der Waals surface area contributed by atoms with E-state index in [9.17, 15) is 0 Å². The van der Waals surface area contributed by atoms with E-state index in [1.807, 2.05) is 24.3 Å². The molecule has 1 atom stereocenters. The summed E-state index contributed by atoms with van der Waals surface area (Å²) in [5.74, 6) is 0. The van der Waals surface area contributed by atoms with Crippen molar-refractivity contribution >= 4 is 28.2 Å². The lowest BCUT2D eigenvalue weighted by Crippen LogP contribution is -1.97. The lowest BCUT2D eigenvalue weighted by atomic mass is 9.98. The standard InChI is InChI=1S/C13H10IN/c14-13-6-2-5-12(8-13)11-4-1-3-10(7-11)9-15/h1-5,7-8,13H,6H2. The highest BCUT2D eigenvalue weighted by Crippen LogP contribution is 2.25. The number of allylic oxidation sites excluding steroid dienone is 4. The van der Waals surface area contributed by atoms with Crippen molar-refractivity contribution in [3.63, 3.8) is 0 Å². The number of rotatable bonds is 1. The van der Waals surface area contributed by atoms with E-state index < -0.39 is 0 Å². The Morgan fingerprint density at radius 1 is 1.40 bits per heavy atom. The highest BCUT2D eigenvalue weighted by Gasteiger charge is 2.07. The third-order valence-corrected chi connectivity index (χ3v) is 3.21. The molecular weight excluding hydrogens is 297 g/mol. The van der Waals surface area contributed by atoms with Crippen LogP contribution in [0, 0.1) is 11.3 Å². The summed E-state index contributed by atoms with van der Waals surface area (Å²) in [6, 6.07) is 9.91. The molecule has 0 radical (unpaired) electrons. The van der Waals surface area contributed by atoms with Crippen LogP contribution in [0.15, 0.2) is 42.5 Å². The molecule has 0 bridgehead atoms. The maximum absolute atomic E-state index is 8.82.